The molecule has 0 spiro atoms. The van der Waals surface area contributed by atoms with Crippen LogP contribution in [-0.4, -0.2) is 50.4 Å². The summed E-state index contributed by atoms with van der Waals surface area (Å²) in [5.74, 6) is 5.39. The summed E-state index contributed by atoms with van der Waals surface area (Å²) in [6.07, 6.45) is 3.26. The van der Waals surface area contributed by atoms with E-state index < -0.39 is 9.84 Å². The van der Waals surface area contributed by atoms with Crippen LogP contribution in [0.1, 0.15) is 25.7 Å². The minimum absolute atomic E-state index is 0.130. The average Bonchev–Trinajstić information content (AvgIpc) is 2.30. The minimum Gasteiger partial charge on any atom is -0.301 e. The molecule has 17 heavy (non-hydrogen) atoms. The zero-order chi connectivity index (χ0) is 12.7. The predicted molar refractivity (Wildman–Crippen MR) is 65.9 cm³/mol. The number of carbonyl (C=O) groups is 1. The molecule has 6 nitrogen and oxygen atoms in total. The summed E-state index contributed by atoms with van der Waals surface area (Å²) in [7, 11) is -2.77. The van der Waals surface area contributed by atoms with Crippen molar-refractivity contribution in [2.24, 2.45) is 5.84 Å². The Morgan fingerprint density at radius 3 is 2.41 bits per heavy atom. The molecule has 7 heteroatoms. The molecule has 0 aliphatic carbocycles. The summed E-state index contributed by atoms with van der Waals surface area (Å²) < 4.78 is 22.4. The van der Waals surface area contributed by atoms with Crippen LogP contribution in [0.15, 0.2) is 0 Å². The van der Waals surface area contributed by atoms with Gasteiger partial charge in [0, 0.05) is 19.5 Å². The summed E-state index contributed by atoms with van der Waals surface area (Å²) in [5.41, 5.74) is 2.10. The highest BCUT2D eigenvalue weighted by molar-refractivity contribution is 7.91. The fourth-order valence-electron chi connectivity index (χ4n) is 1.84. The Balaban J connectivity index is 2.03. The van der Waals surface area contributed by atoms with Crippen molar-refractivity contribution < 1.29 is 13.2 Å². The summed E-state index contributed by atoms with van der Waals surface area (Å²) in [6.45, 7) is 2.21. The molecular weight excluding hydrogens is 242 g/mol. The Hall–Kier alpha value is -0.660. The number of carbonyl (C=O) groups excluding carboxylic acids is 1. The van der Waals surface area contributed by atoms with Crippen LogP contribution in [0, 0.1) is 0 Å². The van der Waals surface area contributed by atoms with E-state index in [0.717, 1.165) is 25.8 Å². The maximum atomic E-state index is 11.2. The van der Waals surface area contributed by atoms with Gasteiger partial charge in [-0.1, -0.05) is 6.42 Å². The highest BCUT2D eigenvalue weighted by Gasteiger charge is 2.20. The maximum absolute atomic E-state index is 11.2. The van der Waals surface area contributed by atoms with Gasteiger partial charge in [-0.2, -0.15) is 0 Å². The van der Waals surface area contributed by atoms with Crippen molar-refractivity contribution in [1.82, 2.24) is 10.3 Å². The number of nitrogens with two attached hydrogens (primary N) is 1. The number of nitrogens with one attached hydrogen (secondary N) is 1. The SMILES string of the molecule is NNC(=O)CCCCCN1CCS(=O)(=O)CC1. The van der Waals surface area contributed by atoms with Gasteiger partial charge >= 0.3 is 0 Å². The number of amides is 1. The van der Waals surface area contributed by atoms with Crippen molar-refractivity contribution in [2.75, 3.05) is 31.1 Å². The van der Waals surface area contributed by atoms with Crippen LogP contribution in [-0.2, 0) is 14.6 Å². The maximum Gasteiger partial charge on any atom is 0.233 e. The first kappa shape index (κ1) is 14.4. The van der Waals surface area contributed by atoms with Crippen molar-refractivity contribution in [3.05, 3.63) is 0 Å². The smallest absolute Gasteiger partial charge is 0.233 e. The molecule has 1 aliphatic rings. The van der Waals surface area contributed by atoms with E-state index >= 15 is 0 Å². The van der Waals surface area contributed by atoms with Crippen molar-refractivity contribution >= 4 is 15.7 Å². The van der Waals surface area contributed by atoms with Gasteiger partial charge in [-0.3, -0.25) is 10.2 Å². The van der Waals surface area contributed by atoms with Gasteiger partial charge in [0.25, 0.3) is 0 Å². The van der Waals surface area contributed by atoms with E-state index in [0.29, 0.717) is 19.5 Å². The molecule has 100 valence electrons. The third-order valence-corrected chi connectivity index (χ3v) is 4.59. The molecule has 0 aromatic carbocycles. The van der Waals surface area contributed by atoms with Crippen LogP contribution in [0.4, 0.5) is 0 Å². The topological polar surface area (TPSA) is 92.5 Å². The highest BCUT2D eigenvalue weighted by atomic mass is 32.2. The molecule has 0 aromatic rings. The Morgan fingerprint density at radius 1 is 1.18 bits per heavy atom. The second kappa shape index (κ2) is 6.93. The summed E-state index contributed by atoms with van der Waals surface area (Å²) in [4.78, 5) is 13.0. The second-order valence-corrected chi connectivity index (χ2v) is 6.68. The van der Waals surface area contributed by atoms with E-state index in [1.807, 2.05) is 0 Å². The molecule has 0 bridgehead atoms. The number of sulfone groups is 1. The van der Waals surface area contributed by atoms with Gasteiger partial charge in [0.05, 0.1) is 11.5 Å². The molecule has 1 aliphatic heterocycles. The molecule has 1 heterocycles. The van der Waals surface area contributed by atoms with Gasteiger partial charge in [0.1, 0.15) is 0 Å². The molecule has 1 rings (SSSR count). The zero-order valence-corrected chi connectivity index (χ0v) is 10.8. The lowest BCUT2D eigenvalue weighted by molar-refractivity contribution is -0.121. The van der Waals surface area contributed by atoms with Gasteiger partial charge in [-0.05, 0) is 19.4 Å². The molecule has 0 aromatic heterocycles. The Morgan fingerprint density at radius 2 is 1.82 bits per heavy atom. The van der Waals surface area contributed by atoms with Crippen molar-refractivity contribution in [2.45, 2.75) is 25.7 Å². The Kier molecular flexibility index (Phi) is 5.87. The standard InChI is InChI=1S/C10H21N3O3S/c11-12-10(14)4-2-1-3-5-13-6-8-17(15,16)9-7-13/h1-9,11H2,(H,12,14). The lowest BCUT2D eigenvalue weighted by Crippen LogP contribution is -2.40. The van der Waals surface area contributed by atoms with E-state index in [1.165, 1.54) is 0 Å². The average molecular weight is 263 g/mol. The molecule has 0 radical (unpaired) electrons. The predicted octanol–water partition coefficient (Wildman–Crippen LogP) is -0.733. The number of hydrogen-bond donors (Lipinski definition) is 2. The quantitative estimate of drug-likeness (QED) is 0.285. The number of unbranched alkanes of at least 4 members (excludes halogenated alkanes) is 2. The number of rotatable bonds is 6. The molecular formula is C10H21N3O3S. The first-order chi connectivity index (χ1) is 8.03. The molecule has 1 amide bonds. The summed E-state index contributed by atoms with van der Waals surface area (Å²) >= 11 is 0. The number of nitrogens with zero attached hydrogens (tertiary/aromatic N) is 1. The van der Waals surface area contributed by atoms with Crippen LogP contribution in [0.3, 0.4) is 0 Å². The Labute approximate surface area is 102 Å². The van der Waals surface area contributed by atoms with Gasteiger partial charge in [0.15, 0.2) is 9.84 Å². The molecule has 3 N–H and O–H groups in total. The second-order valence-electron chi connectivity index (χ2n) is 4.37. The van der Waals surface area contributed by atoms with Gasteiger partial charge < -0.3 is 4.90 Å². The van der Waals surface area contributed by atoms with Gasteiger partial charge in [0.2, 0.25) is 5.91 Å². The third-order valence-electron chi connectivity index (χ3n) is 2.98. The first-order valence-corrected chi connectivity index (χ1v) is 7.78. The van der Waals surface area contributed by atoms with E-state index in [4.69, 9.17) is 5.84 Å². The van der Waals surface area contributed by atoms with Crippen LogP contribution in [0.5, 0.6) is 0 Å². The fourth-order valence-corrected chi connectivity index (χ4v) is 3.12. The Bertz CT molecular complexity index is 329. The molecule has 0 saturated carbocycles. The van der Waals surface area contributed by atoms with E-state index in [9.17, 15) is 13.2 Å². The lowest BCUT2D eigenvalue weighted by atomic mass is 10.2. The summed E-state index contributed by atoms with van der Waals surface area (Å²) in [5, 5.41) is 0. The fraction of sp³-hybridized carbons (Fsp3) is 0.900. The molecule has 1 fully saturated rings. The molecule has 0 unspecified atom stereocenters. The normalized spacial score (nSPS) is 20.1. The van der Waals surface area contributed by atoms with E-state index in [1.54, 1.807) is 0 Å². The minimum atomic E-state index is -2.77. The van der Waals surface area contributed by atoms with Gasteiger partial charge in [-0.15, -0.1) is 0 Å². The summed E-state index contributed by atoms with van der Waals surface area (Å²) in [6, 6.07) is 0. The van der Waals surface area contributed by atoms with Crippen LogP contribution >= 0.6 is 0 Å². The highest BCUT2D eigenvalue weighted by Crippen LogP contribution is 2.06. The number of hydrogen-bond acceptors (Lipinski definition) is 5. The number of hydrazine groups is 1. The van der Waals surface area contributed by atoms with Gasteiger partial charge in [-0.25, -0.2) is 14.3 Å². The van der Waals surface area contributed by atoms with Crippen molar-refractivity contribution in [3.63, 3.8) is 0 Å². The van der Waals surface area contributed by atoms with Crippen LogP contribution in [0.2, 0.25) is 0 Å². The van der Waals surface area contributed by atoms with E-state index in [-0.39, 0.29) is 17.4 Å². The van der Waals surface area contributed by atoms with Crippen LogP contribution < -0.4 is 11.3 Å². The van der Waals surface area contributed by atoms with Crippen LogP contribution in [0.25, 0.3) is 0 Å². The zero-order valence-electron chi connectivity index (χ0n) is 10.0. The molecule has 1 saturated heterocycles. The van der Waals surface area contributed by atoms with Crippen molar-refractivity contribution in [3.8, 4) is 0 Å². The molecule has 0 atom stereocenters. The van der Waals surface area contributed by atoms with E-state index in [2.05, 4.69) is 10.3 Å². The monoisotopic (exact) mass is 263 g/mol. The first-order valence-electron chi connectivity index (χ1n) is 5.96. The largest absolute Gasteiger partial charge is 0.301 e. The third kappa shape index (κ3) is 5.99. The lowest BCUT2D eigenvalue weighted by Gasteiger charge is -2.26. The van der Waals surface area contributed by atoms with Crippen molar-refractivity contribution in [1.29, 1.82) is 0 Å².